The third-order valence-corrected chi connectivity index (χ3v) is 3.09. The number of rotatable bonds is 5. The Kier molecular flexibility index (Phi) is 5.63. The van der Waals surface area contributed by atoms with Gasteiger partial charge in [0, 0.05) is 16.8 Å². The average molecular weight is 285 g/mol. The van der Waals surface area contributed by atoms with Gasteiger partial charge >= 0.3 is 12.0 Å². The van der Waals surface area contributed by atoms with Crippen LogP contribution in [-0.4, -0.2) is 23.1 Å². The number of hydrogen-bond donors (Lipinski definition) is 3. The number of aliphatic carboxylic acids is 1. The Morgan fingerprint density at radius 3 is 2.63 bits per heavy atom. The minimum atomic E-state index is -0.939. The molecule has 5 nitrogen and oxygen atoms in total. The van der Waals surface area contributed by atoms with E-state index in [2.05, 4.69) is 10.6 Å². The molecule has 2 amide bonds. The second-order valence-corrected chi connectivity index (χ2v) is 4.67. The summed E-state index contributed by atoms with van der Waals surface area (Å²) in [7, 11) is 0. The molecule has 1 unspecified atom stereocenters. The van der Waals surface area contributed by atoms with E-state index in [1.165, 1.54) is 0 Å². The first-order valence-corrected chi connectivity index (χ1v) is 6.35. The maximum Gasteiger partial charge on any atom is 0.319 e. The molecule has 1 atom stereocenters. The molecule has 19 heavy (non-hydrogen) atoms. The number of aryl methyl sites for hydroxylation is 1. The van der Waals surface area contributed by atoms with Crippen molar-refractivity contribution in [2.45, 2.75) is 32.7 Å². The zero-order valence-electron chi connectivity index (χ0n) is 10.9. The lowest BCUT2D eigenvalue weighted by Crippen LogP contribution is -2.38. The molecule has 1 aromatic carbocycles. The zero-order chi connectivity index (χ0) is 14.4. The molecule has 0 aliphatic carbocycles. The minimum absolute atomic E-state index is 0.0986. The highest BCUT2D eigenvalue weighted by Crippen LogP contribution is 2.19. The maximum atomic E-state index is 11.7. The Labute approximate surface area is 117 Å². The fourth-order valence-electron chi connectivity index (χ4n) is 1.53. The van der Waals surface area contributed by atoms with Gasteiger partial charge in [-0.3, -0.25) is 4.79 Å². The third kappa shape index (κ3) is 5.18. The third-order valence-electron chi connectivity index (χ3n) is 2.68. The first-order chi connectivity index (χ1) is 8.92. The van der Waals surface area contributed by atoms with Crippen LogP contribution in [0.3, 0.4) is 0 Å². The van der Waals surface area contributed by atoms with Crippen LogP contribution in [0.15, 0.2) is 18.2 Å². The standard InChI is InChI=1S/C13H17ClN2O3/c1-3-9(7-12(17)18)15-13(19)16-10-5-4-8(2)11(14)6-10/h4-6,9H,3,7H2,1-2H3,(H,17,18)(H2,15,16,19). The predicted octanol–water partition coefficient (Wildman–Crippen LogP) is 3.02. The van der Waals surface area contributed by atoms with E-state index in [9.17, 15) is 9.59 Å². The van der Waals surface area contributed by atoms with Gasteiger partial charge in [0.05, 0.1) is 6.42 Å². The number of carbonyl (C=O) groups excluding carboxylic acids is 1. The number of carboxylic acids is 1. The summed E-state index contributed by atoms with van der Waals surface area (Å²) in [4.78, 5) is 22.3. The van der Waals surface area contributed by atoms with Gasteiger partial charge in [0.15, 0.2) is 0 Å². The van der Waals surface area contributed by atoms with Crippen LogP contribution in [0.5, 0.6) is 0 Å². The molecular weight excluding hydrogens is 268 g/mol. The van der Waals surface area contributed by atoms with Gasteiger partial charge in [-0.25, -0.2) is 4.79 Å². The van der Waals surface area contributed by atoms with Gasteiger partial charge in [-0.15, -0.1) is 0 Å². The molecule has 6 heteroatoms. The Balaban J connectivity index is 2.58. The highest BCUT2D eigenvalue weighted by Gasteiger charge is 2.14. The van der Waals surface area contributed by atoms with Crippen molar-refractivity contribution < 1.29 is 14.7 Å². The smallest absolute Gasteiger partial charge is 0.319 e. The summed E-state index contributed by atoms with van der Waals surface area (Å²) in [5.41, 5.74) is 1.49. The van der Waals surface area contributed by atoms with E-state index < -0.39 is 18.0 Å². The summed E-state index contributed by atoms with van der Waals surface area (Å²) in [5.74, 6) is -0.939. The van der Waals surface area contributed by atoms with Crippen molar-refractivity contribution in [1.29, 1.82) is 0 Å². The van der Waals surface area contributed by atoms with Crippen LogP contribution in [0.2, 0.25) is 5.02 Å². The van der Waals surface area contributed by atoms with Crippen molar-refractivity contribution in [3.63, 3.8) is 0 Å². The highest BCUT2D eigenvalue weighted by atomic mass is 35.5. The SMILES string of the molecule is CCC(CC(=O)O)NC(=O)Nc1ccc(C)c(Cl)c1. The number of urea groups is 1. The van der Waals surface area contributed by atoms with Crippen LogP contribution in [0, 0.1) is 6.92 Å². The highest BCUT2D eigenvalue weighted by molar-refractivity contribution is 6.31. The molecule has 1 rings (SSSR count). The zero-order valence-corrected chi connectivity index (χ0v) is 11.6. The van der Waals surface area contributed by atoms with Gasteiger partial charge in [-0.2, -0.15) is 0 Å². The van der Waals surface area contributed by atoms with E-state index in [-0.39, 0.29) is 6.42 Å². The lowest BCUT2D eigenvalue weighted by molar-refractivity contribution is -0.137. The van der Waals surface area contributed by atoms with Crippen molar-refractivity contribution in [3.8, 4) is 0 Å². The summed E-state index contributed by atoms with van der Waals surface area (Å²) in [6, 6.07) is 4.35. The van der Waals surface area contributed by atoms with Gasteiger partial charge < -0.3 is 15.7 Å². The van der Waals surface area contributed by atoms with Gasteiger partial charge in [-0.05, 0) is 31.0 Å². The average Bonchev–Trinajstić information content (AvgIpc) is 2.32. The molecule has 0 aliphatic heterocycles. The van der Waals surface area contributed by atoms with Crippen LogP contribution in [-0.2, 0) is 4.79 Å². The number of nitrogens with one attached hydrogen (secondary N) is 2. The van der Waals surface area contributed by atoms with Gasteiger partial charge in [0.2, 0.25) is 0 Å². The minimum Gasteiger partial charge on any atom is -0.481 e. The number of hydrogen-bond acceptors (Lipinski definition) is 2. The fraction of sp³-hybridized carbons (Fsp3) is 0.385. The summed E-state index contributed by atoms with van der Waals surface area (Å²) < 4.78 is 0. The number of benzene rings is 1. The molecule has 0 aromatic heterocycles. The first kappa shape index (κ1) is 15.3. The lowest BCUT2D eigenvalue weighted by atomic mass is 10.1. The molecule has 0 saturated carbocycles. The van der Waals surface area contributed by atoms with E-state index >= 15 is 0 Å². The Morgan fingerprint density at radius 2 is 2.11 bits per heavy atom. The van der Waals surface area contributed by atoms with E-state index in [1.807, 2.05) is 13.8 Å². The normalized spacial score (nSPS) is 11.7. The van der Waals surface area contributed by atoms with E-state index in [1.54, 1.807) is 18.2 Å². The molecular formula is C13H17ClN2O3. The summed E-state index contributed by atoms with van der Waals surface area (Å²) in [5, 5.41) is 14.5. The van der Waals surface area contributed by atoms with Crippen molar-refractivity contribution in [2.24, 2.45) is 0 Å². The van der Waals surface area contributed by atoms with Crippen LogP contribution >= 0.6 is 11.6 Å². The van der Waals surface area contributed by atoms with Crippen LogP contribution < -0.4 is 10.6 Å². The molecule has 3 N–H and O–H groups in total. The molecule has 0 fully saturated rings. The van der Waals surface area contributed by atoms with Gasteiger partial charge in [0.25, 0.3) is 0 Å². The molecule has 0 radical (unpaired) electrons. The van der Waals surface area contributed by atoms with Crippen molar-refractivity contribution in [3.05, 3.63) is 28.8 Å². The predicted molar refractivity (Wildman–Crippen MR) is 74.7 cm³/mol. The van der Waals surface area contributed by atoms with Crippen LogP contribution in [0.4, 0.5) is 10.5 Å². The Hall–Kier alpha value is -1.75. The van der Waals surface area contributed by atoms with E-state index in [0.29, 0.717) is 17.1 Å². The number of carboxylic acid groups (broad SMARTS) is 1. The van der Waals surface area contributed by atoms with Crippen molar-refractivity contribution in [1.82, 2.24) is 5.32 Å². The number of amides is 2. The van der Waals surface area contributed by atoms with Crippen molar-refractivity contribution >= 4 is 29.3 Å². The number of carbonyl (C=O) groups is 2. The fourth-order valence-corrected chi connectivity index (χ4v) is 1.71. The van der Waals surface area contributed by atoms with E-state index in [0.717, 1.165) is 5.56 Å². The van der Waals surface area contributed by atoms with E-state index in [4.69, 9.17) is 16.7 Å². The number of anilines is 1. The Morgan fingerprint density at radius 1 is 1.42 bits per heavy atom. The maximum absolute atomic E-state index is 11.7. The van der Waals surface area contributed by atoms with Crippen LogP contribution in [0.1, 0.15) is 25.3 Å². The quantitative estimate of drug-likeness (QED) is 0.777. The second-order valence-electron chi connectivity index (χ2n) is 4.27. The molecule has 104 valence electrons. The lowest BCUT2D eigenvalue weighted by Gasteiger charge is -2.15. The van der Waals surface area contributed by atoms with Crippen LogP contribution in [0.25, 0.3) is 0 Å². The monoisotopic (exact) mass is 284 g/mol. The Bertz CT molecular complexity index is 477. The molecule has 0 aliphatic rings. The topological polar surface area (TPSA) is 78.4 Å². The first-order valence-electron chi connectivity index (χ1n) is 5.97. The van der Waals surface area contributed by atoms with Gasteiger partial charge in [-0.1, -0.05) is 24.6 Å². The second kappa shape index (κ2) is 6.99. The summed E-state index contributed by atoms with van der Waals surface area (Å²) in [6.45, 7) is 3.68. The molecule has 0 heterocycles. The molecule has 0 saturated heterocycles. The summed E-state index contributed by atoms with van der Waals surface area (Å²) in [6.07, 6.45) is 0.451. The number of halogens is 1. The van der Waals surface area contributed by atoms with Gasteiger partial charge in [0.1, 0.15) is 0 Å². The largest absolute Gasteiger partial charge is 0.481 e. The summed E-state index contributed by atoms with van der Waals surface area (Å²) >= 11 is 5.95. The van der Waals surface area contributed by atoms with Crippen molar-refractivity contribution in [2.75, 3.05) is 5.32 Å². The molecule has 1 aromatic rings. The molecule has 0 bridgehead atoms. The molecule has 0 spiro atoms.